The Hall–Kier alpha value is -2.37. The summed E-state index contributed by atoms with van der Waals surface area (Å²) < 4.78 is 0. The van der Waals surface area contributed by atoms with E-state index >= 15 is 0 Å². The van der Waals surface area contributed by atoms with E-state index in [2.05, 4.69) is 10.6 Å². The summed E-state index contributed by atoms with van der Waals surface area (Å²) in [5.74, 6) is -1.95. The standard InChI is InChI=1S/C21H30N2O4/c1-20(2,3)13-22-17(24)14-8-10-15(11-9-14)18(25)23-21(4)12-6-5-7-16(21)19(26)27/h8-11,16H,5-7,12-13H2,1-4H3,(H,22,24)(H,23,25)(H,26,27). The number of rotatable bonds is 5. The van der Waals surface area contributed by atoms with Gasteiger partial charge in [0.25, 0.3) is 11.8 Å². The zero-order valence-corrected chi connectivity index (χ0v) is 16.6. The number of amides is 2. The van der Waals surface area contributed by atoms with Gasteiger partial charge in [-0.1, -0.05) is 33.6 Å². The van der Waals surface area contributed by atoms with Crippen LogP contribution in [0.1, 0.15) is 74.1 Å². The normalized spacial score (nSPS) is 22.7. The Morgan fingerprint density at radius 2 is 1.63 bits per heavy atom. The number of carbonyl (C=O) groups is 3. The minimum Gasteiger partial charge on any atom is -0.481 e. The summed E-state index contributed by atoms with van der Waals surface area (Å²) in [5, 5.41) is 15.3. The Balaban J connectivity index is 2.04. The van der Waals surface area contributed by atoms with E-state index in [1.165, 1.54) is 0 Å². The zero-order valence-electron chi connectivity index (χ0n) is 16.6. The molecule has 6 nitrogen and oxygen atoms in total. The lowest BCUT2D eigenvalue weighted by atomic mass is 9.73. The van der Waals surface area contributed by atoms with Crippen molar-refractivity contribution in [2.45, 2.75) is 58.9 Å². The molecule has 0 radical (unpaired) electrons. The fourth-order valence-electron chi connectivity index (χ4n) is 3.43. The first-order chi connectivity index (χ1) is 12.5. The first-order valence-corrected chi connectivity index (χ1v) is 9.45. The lowest BCUT2D eigenvalue weighted by molar-refractivity contribution is -0.145. The van der Waals surface area contributed by atoms with Crippen molar-refractivity contribution in [2.75, 3.05) is 6.54 Å². The summed E-state index contributed by atoms with van der Waals surface area (Å²) in [6.45, 7) is 8.48. The minimum atomic E-state index is -0.872. The highest BCUT2D eigenvalue weighted by Gasteiger charge is 2.42. The number of hydrogen-bond acceptors (Lipinski definition) is 3. The van der Waals surface area contributed by atoms with E-state index in [0.717, 1.165) is 12.8 Å². The monoisotopic (exact) mass is 374 g/mol. The largest absolute Gasteiger partial charge is 0.481 e. The lowest BCUT2D eigenvalue weighted by Crippen LogP contribution is -2.55. The molecule has 1 aromatic carbocycles. The van der Waals surface area contributed by atoms with E-state index in [1.54, 1.807) is 31.2 Å². The van der Waals surface area contributed by atoms with Crippen molar-refractivity contribution in [3.63, 3.8) is 0 Å². The average Bonchev–Trinajstić information content (AvgIpc) is 2.59. The van der Waals surface area contributed by atoms with Gasteiger partial charge in [0.05, 0.1) is 11.5 Å². The van der Waals surface area contributed by atoms with Gasteiger partial charge < -0.3 is 15.7 Å². The van der Waals surface area contributed by atoms with Gasteiger partial charge in [-0.25, -0.2) is 0 Å². The summed E-state index contributed by atoms with van der Waals surface area (Å²) in [7, 11) is 0. The molecule has 1 aliphatic carbocycles. The third kappa shape index (κ3) is 5.55. The van der Waals surface area contributed by atoms with Crippen LogP contribution >= 0.6 is 0 Å². The molecule has 1 aliphatic rings. The number of hydrogen-bond donors (Lipinski definition) is 3. The molecule has 27 heavy (non-hydrogen) atoms. The molecule has 6 heteroatoms. The fraction of sp³-hybridized carbons (Fsp3) is 0.571. The molecule has 0 aliphatic heterocycles. The second kappa shape index (κ2) is 8.11. The molecule has 1 saturated carbocycles. The van der Waals surface area contributed by atoms with Crippen molar-refractivity contribution in [2.24, 2.45) is 11.3 Å². The third-order valence-electron chi connectivity index (χ3n) is 5.09. The lowest BCUT2D eigenvalue weighted by Gasteiger charge is -2.39. The van der Waals surface area contributed by atoms with E-state index in [4.69, 9.17) is 0 Å². The SMILES string of the molecule is CC(C)(C)CNC(=O)c1ccc(C(=O)NC2(C)CCCCC2C(=O)O)cc1. The van der Waals surface area contributed by atoms with Crippen molar-refractivity contribution in [3.8, 4) is 0 Å². The summed E-state index contributed by atoms with van der Waals surface area (Å²) in [6, 6.07) is 6.43. The van der Waals surface area contributed by atoms with Gasteiger partial charge in [0.2, 0.25) is 0 Å². The van der Waals surface area contributed by atoms with Gasteiger partial charge in [0, 0.05) is 17.7 Å². The summed E-state index contributed by atoms with van der Waals surface area (Å²) in [6.07, 6.45) is 2.97. The van der Waals surface area contributed by atoms with Crippen LogP contribution in [0.3, 0.4) is 0 Å². The van der Waals surface area contributed by atoms with E-state index in [-0.39, 0.29) is 17.2 Å². The van der Waals surface area contributed by atoms with Gasteiger partial charge in [-0.15, -0.1) is 0 Å². The van der Waals surface area contributed by atoms with Gasteiger partial charge in [0.15, 0.2) is 0 Å². The van der Waals surface area contributed by atoms with Crippen LogP contribution in [0.4, 0.5) is 0 Å². The number of carboxylic acids is 1. The highest BCUT2D eigenvalue weighted by atomic mass is 16.4. The molecule has 1 aromatic rings. The Kier molecular flexibility index (Phi) is 6.29. The van der Waals surface area contributed by atoms with Crippen LogP contribution in [0.25, 0.3) is 0 Å². The highest BCUT2D eigenvalue weighted by molar-refractivity contribution is 5.98. The topological polar surface area (TPSA) is 95.5 Å². The quantitative estimate of drug-likeness (QED) is 0.737. The van der Waals surface area contributed by atoms with Gasteiger partial charge >= 0.3 is 5.97 Å². The van der Waals surface area contributed by atoms with Crippen molar-refractivity contribution in [1.82, 2.24) is 10.6 Å². The predicted molar refractivity (Wildman–Crippen MR) is 104 cm³/mol. The molecule has 2 rings (SSSR count). The molecule has 148 valence electrons. The van der Waals surface area contributed by atoms with Crippen LogP contribution in [0.5, 0.6) is 0 Å². The number of carboxylic acid groups (broad SMARTS) is 1. The van der Waals surface area contributed by atoms with E-state index in [9.17, 15) is 19.5 Å². The smallest absolute Gasteiger partial charge is 0.308 e. The van der Waals surface area contributed by atoms with Gasteiger partial charge in [-0.2, -0.15) is 0 Å². The minimum absolute atomic E-state index is 0.00832. The predicted octanol–water partition coefficient (Wildman–Crippen LogP) is 3.23. The van der Waals surface area contributed by atoms with Crippen molar-refractivity contribution < 1.29 is 19.5 Å². The van der Waals surface area contributed by atoms with E-state index in [0.29, 0.717) is 30.5 Å². The Morgan fingerprint density at radius 3 is 2.15 bits per heavy atom. The van der Waals surface area contributed by atoms with Crippen molar-refractivity contribution >= 4 is 17.8 Å². The average molecular weight is 374 g/mol. The molecule has 2 unspecified atom stereocenters. The van der Waals surface area contributed by atoms with Crippen LogP contribution in [0.2, 0.25) is 0 Å². The fourth-order valence-corrected chi connectivity index (χ4v) is 3.43. The highest BCUT2D eigenvalue weighted by Crippen LogP contribution is 2.34. The van der Waals surface area contributed by atoms with Gasteiger partial charge in [0.1, 0.15) is 0 Å². The molecule has 0 bridgehead atoms. The van der Waals surface area contributed by atoms with Gasteiger partial charge in [-0.3, -0.25) is 14.4 Å². The molecule has 0 saturated heterocycles. The number of carbonyl (C=O) groups excluding carboxylic acids is 2. The molecule has 2 atom stereocenters. The first-order valence-electron chi connectivity index (χ1n) is 9.45. The van der Waals surface area contributed by atoms with E-state index in [1.807, 2.05) is 20.8 Å². The summed E-state index contributed by atoms with van der Waals surface area (Å²) in [5.41, 5.74) is 0.136. The first kappa shape index (κ1) is 20.9. The summed E-state index contributed by atoms with van der Waals surface area (Å²) >= 11 is 0. The Morgan fingerprint density at radius 1 is 1.07 bits per heavy atom. The molecule has 3 N–H and O–H groups in total. The van der Waals surface area contributed by atoms with Crippen LogP contribution in [0, 0.1) is 11.3 Å². The van der Waals surface area contributed by atoms with Crippen LogP contribution in [0.15, 0.2) is 24.3 Å². The van der Waals surface area contributed by atoms with Crippen LogP contribution in [-0.4, -0.2) is 35.0 Å². The maximum absolute atomic E-state index is 12.6. The molecule has 2 amide bonds. The second-order valence-electron chi connectivity index (χ2n) is 8.83. The summed E-state index contributed by atoms with van der Waals surface area (Å²) in [4.78, 5) is 36.3. The number of benzene rings is 1. The molecule has 0 heterocycles. The van der Waals surface area contributed by atoms with Gasteiger partial charge in [-0.05, 0) is 49.4 Å². The zero-order chi connectivity index (χ0) is 20.2. The number of nitrogens with one attached hydrogen (secondary N) is 2. The van der Waals surface area contributed by atoms with Crippen molar-refractivity contribution in [1.29, 1.82) is 0 Å². The second-order valence-corrected chi connectivity index (χ2v) is 8.83. The molecule has 0 spiro atoms. The van der Waals surface area contributed by atoms with Crippen molar-refractivity contribution in [3.05, 3.63) is 35.4 Å². The Labute approximate surface area is 160 Å². The molecule has 1 fully saturated rings. The van der Waals surface area contributed by atoms with Crippen LogP contribution in [-0.2, 0) is 4.79 Å². The Bertz CT molecular complexity index is 706. The van der Waals surface area contributed by atoms with E-state index < -0.39 is 17.4 Å². The van der Waals surface area contributed by atoms with Crippen LogP contribution < -0.4 is 10.6 Å². The number of aliphatic carboxylic acids is 1. The molecular weight excluding hydrogens is 344 g/mol. The maximum atomic E-state index is 12.6. The molecule has 0 aromatic heterocycles. The third-order valence-corrected chi connectivity index (χ3v) is 5.09. The molecular formula is C21H30N2O4. The maximum Gasteiger partial charge on any atom is 0.308 e.